The zero-order valence-electron chi connectivity index (χ0n) is 15.0. The summed E-state index contributed by atoms with van der Waals surface area (Å²) in [6.45, 7) is 8.11. The van der Waals surface area contributed by atoms with Crippen molar-refractivity contribution < 1.29 is 23.4 Å². The Morgan fingerprint density at radius 1 is 1.05 bits per heavy atom. The first kappa shape index (κ1) is 20.1. The van der Waals surface area contributed by atoms with Gasteiger partial charge in [-0.05, 0) is 59.3 Å². The average Bonchev–Trinajstić information content (AvgIpc) is 2.42. The summed E-state index contributed by atoms with van der Waals surface area (Å²) in [5.74, 6) is 0.483. The van der Waals surface area contributed by atoms with E-state index in [0.29, 0.717) is 5.92 Å². The fourth-order valence-electron chi connectivity index (χ4n) is 3.21. The lowest BCUT2D eigenvalue weighted by Crippen LogP contribution is -2.43. The van der Waals surface area contributed by atoms with Gasteiger partial charge < -0.3 is 23.4 Å². The molecule has 0 radical (unpaired) electrons. The summed E-state index contributed by atoms with van der Waals surface area (Å²) in [7, 11) is 1.58. The predicted molar refractivity (Wildman–Crippen MR) is 89.1 cm³/mol. The van der Waals surface area contributed by atoms with Gasteiger partial charge in [0.05, 0.1) is 30.1 Å². The Hall–Kier alpha value is 0.0169. The van der Waals surface area contributed by atoms with Crippen LogP contribution in [0.25, 0.3) is 0 Å². The number of hydrogen-bond acceptors (Lipinski definition) is 5. The van der Waals surface area contributed by atoms with Gasteiger partial charge in [0.2, 0.25) is 0 Å². The Balaban J connectivity index is 2.63. The van der Waals surface area contributed by atoms with E-state index in [0.717, 1.165) is 25.7 Å². The molecule has 1 rings (SSSR count). The largest absolute Gasteiger partial charge is 0.398 e. The first-order valence-corrected chi connectivity index (χ1v) is 10.0. The summed E-state index contributed by atoms with van der Waals surface area (Å²) in [5, 5.41) is 10.1. The Kier molecular flexibility index (Phi) is 9.12. The van der Waals surface area contributed by atoms with Crippen LogP contribution in [0.5, 0.6) is 0 Å². The van der Waals surface area contributed by atoms with Crippen LogP contribution in [-0.4, -0.2) is 58.8 Å². The minimum atomic E-state index is -1.82. The molecule has 1 N–H and O–H groups in total. The lowest BCUT2D eigenvalue weighted by Gasteiger charge is -2.36. The molecule has 0 aliphatic heterocycles. The van der Waals surface area contributed by atoms with Crippen molar-refractivity contribution in [2.24, 2.45) is 5.92 Å². The second kappa shape index (κ2) is 10.0. The number of rotatable bonds is 9. The molecule has 0 saturated heterocycles. The quantitative estimate of drug-likeness (QED) is 0.655. The highest BCUT2D eigenvalue weighted by Gasteiger charge is 2.35. The monoisotopic (exact) mass is 334 g/mol. The maximum Gasteiger partial charge on any atom is 0.350 e. The third kappa shape index (κ3) is 6.64. The molecule has 1 saturated carbocycles. The van der Waals surface area contributed by atoms with Crippen molar-refractivity contribution in [3.05, 3.63) is 0 Å². The zero-order chi connectivity index (χ0) is 16.7. The molecule has 0 aromatic heterocycles. The molecule has 0 bridgehead atoms. The van der Waals surface area contributed by atoms with E-state index >= 15 is 0 Å². The molecule has 1 fully saturated rings. The van der Waals surface area contributed by atoms with E-state index < -0.39 is 9.28 Å². The van der Waals surface area contributed by atoms with E-state index in [1.165, 1.54) is 0 Å². The second-order valence-electron chi connectivity index (χ2n) is 6.77. The number of ether oxygens (including phenoxy) is 2. The third-order valence-corrected chi connectivity index (χ3v) is 6.06. The molecule has 0 aromatic rings. The lowest BCUT2D eigenvalue weighted by molar-refractivity contribution is -0.0987. The standard InChI is InChI=1S/C16H34O5Si/c1-11(2)20-15-9-13(7-8-14(15)17)10-16(21-12(3)4)22(18-5)19-6/h11-17,22H,7-10H2,1-6H3. The second-order valence-corrected chi connectivity index (χ2v) is 9.19. The molecule has 22 heavy (non-hydrogen) atoms. The summed E-state index contributed by atoms with van der Waals surface area (Å²) in [6.07, 6.45) is 3.48. The minimum absolute atomic E-state index is 0.0370. The molecule has 6 heteroatoms. The van der Waals surface area contributed by atoms with Gasteiger partial charge in [-0.25, -0.2) is 0 Å². The Bertz CT molecular complexity index is 296. The van der Waals surface area contributed by atoms with Crippen LogP contribution < -0.4 is 0 Å². The first-order chi connectivity index (χ1) is 10.4. The molecule has 0 amide bonds. The maximum atomic E-state index is 10.1. The van der Waals surface area contributed by atoms with Crippen LogP contribution in [0.4, 0.5) is 0 Å². The van der Waals surface area contributed by atoms with Gasteiger partial charge >= 0.3 is 9.28 Å². The Labute approximate surface area is 137 Å². The molecular formula is C16H34O5Si. The third-order valence-electron chi connectivity index (χ3n) is 4.09. The Morgan fingerprint density at radius 2 is 1.68 bits per heavy atom. The van der Waals surface area contributed by atoms with Gasteiger partial charge in [-0.3, -0.25) is 0 Å². The van der Waals surface area contributed by atoms with Crippen LogP contribution in [0.2, 0.25) is 0 Å². The van der Waals surface area contributed by atoms with E-state index in [2.05, 4.69) is 0 Å². The molecular weight excluding hydrogens is 300 g/mol. The van der Waals surface area contributed by atoms with Gasteiger partial charge in [0.15, 0.2) is 0 Å². The lowest BCUT2D eigenvalue weighted by atomic mass is 9.83. The van der Waals surface area contributed by atoms with Gasteiger partial charge in [-0.15, -0.1) is 0 Å². The van der Waals surface area contributed by atoms with Gasteiger partial charge in [-0.1, -0.05) is 0 Å². The number of aliphatic hydroxyl groups is 1. The average molecular weight is 335 g/mol. The van der Waals surface area contributed by atoms with Gasteiger partial charge in [0.25, 0.3) is 0 Å². The number of hydrogen-bond donors (Lipinski definition) is 1. The topological polar surface area (TPSA) is 57.2 Å². The normalized spacial score (nSPS) is 27.8. The van der Waals surface area contributed by atoms with Crippen molar-refractivity contribution in [3.63, 3.8) is 0 Å². The summed E-state index contributed by atoms with van der Waals surface area (Å²) in [6, 6.07) is 0. The van der Waals surface area contributed by atoms with Gasteiger partial charge in [-0.2, -0.15) is 0 Å². The van der Waals surface area contributed by atoms with Gasteiger partial charge in [0, 0.05) is 14.2 Å². The van der Waals surface area contributed by atoms with Crippen LogP contribution in [0.1, 0.15) is 53.4 Å². The molecule has 0 aromatic carbocycles. The van der Waals surface area contributed by atoms with Crippen molar-refractivity contribution >= 4 is 9.28 Å². The fraction of sp³-hybridized carbons (Fsp3) is 1.00. The van der Waals surface area contributed by atoms with E-state index in [1.807, 2.05) is 27.7 Å². The van der Waals surface area contributed by atoms with E-state index in [-0.39, 0.29) is 30.1 Å². The summed E-state index contributed by atoms with van der Waals surface area (Å²) in [5.41, 5.74) is 0.0370. The van der Waals surface area contributed by atoms with Crippen LogP contribution in [-0.2, 0) is 18.3 Å². The summed E-state index contributed by atoms with van der Waals surface area (Å²) < 4.78 is 23.0. The van der Waals surface area contributed by atoms with Crippen LogP contribution in [0.3, 0.4) is 0 Å². The molecule has 132 valence electrons. The molecule has 1 aliphatic carbocycles. The SMILES string of the molecule is CO[SiH](OC)C(CC1CCC(O)C(OC(C)C)C1)OC(C)C. The van der Waals surface area contributed by atoms with Crippen LogP contribution >= 0.6 is 0 Å². The predicted octanol–water partition coefficient (Wildman–Crippen LogP) is 2.18. The van der Waals surface area contributed by atoms with Crippen molar-refractivity contribution in [1.82, 2.24) is 0 Å². The zero-order valence-corrected chi connectivity index (χ0v) is 16.1. The first-order valence-electron chi connectivity index (χ1n) is 8.41. The smallest absolute Gasteiger partial charge is 0.350 e. The number of aliphatic hydroxyl groups excluding tert-OH is 1. The highest BCUT2D eigenvalue weighted by molar-refractivity contribution is 6.45. The van der Waals surface area contributed by atoms with Crippen molar-refractivity contribution in [1.29, 1.82) is 0 Å². The van der Waals surface area contributed by atoms with E-state index in [9.17, 15) is 5.11 Å². The van der Waals surface area contributed by atoms with Crippen molar-refractivity contribution in [2.45, 2.75) is 83.5 Å². The van der Waals surface area contributed by atoms with E-state index in [4.69, 9.17) is 18.3 Å². The maximum absolute atomic E-state index is 10.1. The molecule has 1 aliphatic rings. The molecule has 4 atom stereocenters. The highest BCUT2D eigenvalue weighted by Crippen LogP contribution is 2.32. The summed E-state index contributed by atoms with van der Waals surface area (Å²) in [4.78, 5) is 0. The molecule has 5 nitrogen and oxygen atoms in total. The van der Waals surface area contributed by atoms with E-state index in [1.54, 1.807) is 14.2 Å². The van der Waals surface area contributed by atoms with Crippen LogP contribution in [0.15, 0.2) is 0 Å². The Morgan fingerprint density at radius 3 is 2.18 bits per heavy atom. The van der Waals surface area contributed by atoms with Gasteiger partial charge in [0.1, 0.15) is 0 Å². The fourth-order valence-corrected chi connectivity index (χ4v) is 5.06. The van der Waals surface area contributed by atoms with Crippen LogP contribution in [0, 0.1) is 5.92 Å². The summed E-state index contributed by atoms with van der Waals surface area (Å²) >= 11 is 0. The van der Waals surface area contributed by atoms with Crippen molar-refractivity contribution in [2.75, 3.05) is 14.2 Å². The highest BCUT2D eigenvalue weighted by atomic mass is 28.3. The molecule has 0 spiro atoms. The molecule has 0 heterocycles. The minimum Gasteiger partial charge on any atom is -0.398 e. The molecule has 4 unspecified atom stereocenters. The van der Waals surface area contributed by atoms with Crippen molar-refractivity contribution in [3.8, 4) is 0 Å².